The lowest BCUT2D eigenvalue weighted by Crippen LogP contribution is -2.50. The molecule has 2 aliphatic heterocycles. The van der Waals surface area contributed by atoms with E-state index in [0.29, 0.717) is 44.0 Å². The van der Waals surface area contributed by atoms with E-state index in [2.05, 4.69) is 5.32 Å². The van der Waals surface area contributed by atoms with E-state index in [1.54, 1.807) is 28.8 Å². The van der Waals surface area contributed by atoms with Crippen molar-refractivity contribution in [1.82, 2.24) is 10.2 Å². The Morgan fingerprint density at radius 3 is 2.71 bits per heavy atom. The molecule has 2 aliphatic rings. The molecule has 3 amide bonds. The van der Waals surface area contributed by atoms with Gasteiger partial charge in [0.15, 0.2) is 0 Å². The lowest BCUT2D eigenvalue weighted by Gasteiger charge is -2.36. The van der Waals surface area contributed by atoms with Gasteiger partial charge in [-0.3, -0.25) is 14.5 Å². The number of benzene rings is 1. The Morgan fingerprint density at radius 2 is 2.06 bits per heavy atom. The van der Waals surface area contributed by atoms with Crippen molar-refractivity contribution in [3.63, 3.8) is 0 Å². The maximum Gasteiger partial charge on any atom is 0.414 e. The largest absolute Gasteiger partial charge is 0.442 e. The third kappa shape index (κ3) is 6.51. The van der Waals surface area contributed by atoms with Gasteiger partial charge < -0.3 is 30.3 Å². The van der Waals surface area contributed by atoms with Crippen LogP contribution in [0.3, 0.4) is 0 Å². The molecule has 12 heteroatoms. The lowest BCUT2D eigenvalue weighted by atomic mass is 10.2. The van der Waals surface area contributed by atoms with Crippen LogP contribution in [0.1, 0.15) is 6.42 Å². The Balaban J connectivity index is 1.54. The van der Waals surface area contributed by atoms with Crippen LogP contribution >= 0.6 is 11.8 Å². The molecule has 2 saturated heterocycles. The van der Waals surface area contributed by atoms with Crippen molar-refractivity contribution < 1.29 is 28.2 Å². The minimum atomic E-state index is -0.609. The van der Waals surface area contributed by atoms with Gasteiger partial charge in [0.25, 0.3) is 0 Å². The first-order valence-corrected chi connectivity index (χ1v) is 12.5. The maximum atomic E-state index is 14.9. The molecule has 0 aromatic heterocycles. The number of cyclic esters (lactones) is 1. The average molecular weight is 498 g/mol. The number of methoxy groups -OCH3 is 1. The van der Waals surface area contributed by atoms with Crippen LogP contribution in [0.5, 0.6) is 0 Å². The van der Waals surface area contributed by atoms with Crippen LogP contribution in [0.2, 0.25) is 0 Å². The predicted octanol–water partition coefficient (Wildman–Crippen LogP) is 0.643. The number of carbonyl (C=O) groups is 3. The van der Waals surface area contributed by atoms with Crippen LogP contribution in [0.15, 0.2) is 18.2 Å². The van der Waals surface area contributed by atoms with E-state index in [-0.39, 0.29) is 31.5 Å². The zero-order valence-corrected chi connectivity index (χ0v) is 20.3. The van der Waals surface area contributed by atoms with Gasteiger partial charge in [0.05, 0.1) is 30.5 Å². The molecule has 1 aromatic rings. The summed E-state index contributed by atoms with van der Waals surface area (Å²) in [6.07, 6.45) is 1.36. The number of nitrogens with two attached hydrogens (primary N) is 1. The van der Waals surface area contributed by atoms with Gasteiger partial charge in [-0.1, -0.05) is 0 Å². The highest BCUT2D eigenvalue weighted by molar-refractivity contribution is 7.98. The number of piperazine rings is 1. The highest BCUT2D eigenvalue weighted by atomic mass is 32.2. The summed E-state index contributed by atoms with van der Waals surface area (Å²) in [5.41, 5.74) is 6.64. The number of ether oxygens (including phenoxy) is 2. The van der Waals surface area contributed by atoms with Crippen molar-refractivity contribution in [2.45, 2.75) is 18.6 Å². The van der Waals surface area contributed by atoms with Gasteiger partial charge in [-0.2, -0.15) is 11.8 Å². The predicted molar refractivity (Wildman–Crippen MR) is 129 cm³/mol. The number of hydrogen-bond donors (Lipinski definition) is 2. The van der Waals surface area contributed by atoms with Crippen LogP contribution in [0.4, 0.5) is 20.6 Å². The normalized spacial score (nSPS) is 19.2. The first-order chi connectivity index (χ1) is 16.3. The summed E-state index contributed by atoms with van der Waals surface area (Å²) in [4.78, 5) is 41.3. The van der Waals surface area contributed by atoms with Gasteiger partial charge in [-0.25, -0.2) is 9.18 Å². The molecule has 2 fully saturated rings. The zero-order valence-electron chi connectivity index (χ0n) is 19.5. The Labute approximate surface area is 202 Å². The smallest absolute Gasteiger partial charge is 0.414 e. The molecule has 1 aromatic carbocycles. The molecule has 2 heterocycles. The number of halogens is 1. The minimum absolute atomic E-state index is 0.0322. The van der Waals surface area contributed by atoms with Crippen molar-refractivity contribution in [3.8, 4) is 0 Å². The van der Waals surface area contributed by atoms with E-state index in [1.807, 2.05) is 11.2 Å². The summed E-state index contributed by atoms with van der Waals surface area (Å²) in [6, 6.07) is 3.99. The molecule has 1 unspecified atom stereocenters. The molecule has 3 N–H and O–H groups in total. The third-order valence-electron chi connectivity index (χ3n) is 5.83. The molecule has 188 valence electrons. The SMILES string of the molecule is COCC(=O)N1CCN(c2ccc(N3C[C@H](CNC(=O)C(N)CCSC)OC3=O)cc2F)CC1. The molecule has 0 spiro atoms. The lowest BCUT2D eigenvalue weighted by molar-refractivity contribution is -0.135. The van der Waals surface area contributed by atoms with Crippen LogP contribution in [0.25, 0.3) is 0 Å². The van der Waals surface area contributed by atoms with Crippen LogP contribution in [-0.2, 0) is 19.1 Å². The number of carbonyl (C=O) groups excluding carboxylic acids is 3. The van der Waals surface area contributed by atoms with Crippen LogP contribution < -0.4 is 20.9 Å². The molecule has 0 radical (unpaired) electrons. The first kappa shape index (κ1) is 26.0. The number of amides is 3. The zero-order chi connectivity index (χ0) is 24.7. The van der Waals surface area contributed by atoms with Crippen LogP contribution in [0, 0.1) is 5.82 Å². The Hall–Kier alpha value is -2.57. The Kier molecular flexibility index (Phi) is 9.36. The number of nitrogens with one attached hydrogen (secondary N) is 1. The summed E-state index contributed by atoms with van der Waals surface area (Å²) < 4.78 is 25.1. The topological polar surface area (TPSA) is 117 Å². The fourth-order valence-electron chi connectivity index (χ4n) is 3.89. The maximum absolute atomic E-state index is 14.9. The second-order valence-corrected chi connectivity index (χ2v) is 9.17. The second kappa shape index (κ2) is 12.2. The Bertz CT molecular complexity index is 883. The van der Waals surface area contributed by atoms with E-state index >= 15 is 0 Å². The quantitative estimate of drug-likeness (QED) is 0.484. The van der Waals surface area contributed by atoms with E-state index in [4.69, 9.17) is 15.2 Å². The van der Waals surface area contributed by atoms with Gasteiger partial charge in [-0.15, -0.1) is 0 Å². The summed E-state index contributed by atoms with van der Waals surface area (Å²) in [5, 5.41) is 2.72. The molecule has 0 bridgehead atoms. The number of thioether (sulfide) groups is 1. The van der Waals surface area contributed by atoms with E-state index in [0.717, 1.165) is 5.75 Å². The van der Waals surface area contributed by atoms with Crippen molar-refractivity contribution >= 4 is 41.0 Å². The van der Waals surface area contributed by atoms with Crippen LogP contribution in [-0.4, -0.2) is 99.9 Å². The number of hydrogen-bond acceptors (Lipinski definition) is 8. The van der Waals surface area contributed by atoms with E-state index in [1.165, 1.54) is 18.1 Å². The molecule has 2 atom stereocenters. The fourth-order valence-corrected chi connectivity index (χ4v) is 4.38. The van der Waals surface area contributed by atoms with E-state index < -0.39 is 24.1 Å². The number of anilines is 2. The van der Waals surface area contributed by atoms with Gasteiger partial charge in [0.1, 0.15) is 18.5 Å². The van der Waals surface area contributed by atoms with Crippen molar-refractivity contribution in [2.24, 2.45) is 5.73 Å². The monoisotopic (exact) mass is 497 g/mol. The Morgan fingerprint density at radius 1 is 1.32 bits per heavy atom. The highest BCUT2D eigenvalue weighted by Gasteiger charge is 2.33. The molecular formula is C22H32FN5O5S. The van der Waals surface area contributed by atoms with Gasteiger partial charge >= 0.3 is 6.09 Å². The molecular weight excluding hydrogens is 465 g/mol. The van der Waals surface area contributed by atoms with Crippen molar-refractivity contribution in [1.29, 1.82) is 0 Å². The molecule has 0 saturated carbocycles. The van der Waals surface area contributed by atoms with Crippen molar-refractivity contribution in [3.05, 3.63) is 24.0 Å². The van der Waals surface area contributed by atoms with Gasteiger partial charge in [0.2, 0.25) is 11.8 Å². The van der Waals surface area contributed by atoms with Gasteiger partial charge in [-0.05, 0) is 36.6 Å². The average Bonchev–Trinajstić information content (AvgIpc) is 3.21. The summed E-state index contributed by atoms with van der Waals surface area (Å²) in [6.45, 7) is 2.33. The number of nitrogens with zero attached hydrogens (tertiary/aromatic N) is 3. The standard InChI is InChI=1S/C22H32FN5O5S/c1-32-14-20(29)27-8-6-26(7-9-27)19-4-3-15(11-17(19)23)28-13-16(33-22(28)31)12-25-21(30)18(24)5-10-34-2/h3-4,11,16,18H,5-10,12-14,24H2,1-2H3,(H,25,30)/t16-,18?/m0/s1. The molecule has 0 aliphatic carbocycles. The van der Waals surface area contributed by atoms with E-state index in [9.17, 15) is 18.8 Å². The summed E-state index contributed by atoms with van der Waals surface area (Å²) in [7, 11) is 1.48. The number of rotatable bonds is 10. The second-order valence-electron chi connectivity index (χ2n) is 8.19. The molecule has 34 heavy (non-hydrogen) atoms. The third-order valence-corrected chi connectivity index (χ3v) is 6.48. The summed E-state index contributed by atoms with van der Waals surface area (Å²) in [5.74, 6) is -0.0519. The molecule has 10 nitrogen and oxygen atoms in total. The molecule has 3 rings (SSSR count). The first-order valence-electron chi connectivity index (χ1n) is 11.2. The minimum Gasteiger partial charge on any atom is -0.442 e. The van der Waals surface area contributed by atoms with Crippen molar-refractivity contribution in [2.75, 3.05) is 74.8 Å². The highest BCUT2D eigenvalue weighted by Crippen LogP contribution is 2.28. The van der Waals surface area contributed by atoms with Gasteiger partial charge in [0, 0.05) is 33.3 Å². The summed E-state index contributed by atoms with van der Waals surface area (Å²) >= 11 is 1.61. The fraction of sp³-hybridized carbons (Fsp3) is 0.591.